The Morgan fingerprint density at radius 1 is 1.17 bits per heavy atom. The van der Waals surface area contributed by atoms with E-state index in [1.165, 1.54) is 24.3 Å². The van der Waals surface area contributed by atoms with Crippen LogP contribution < -0.4 is 10.5 Å². The van der Waals surface area contributed by atoms with E-state index < -0.39 is 36.4 Å². The van der Waals surface area contributed by atoms with Crippen LogP contribution in [-0.2, 0) is 4.79 Å². The maximum atomic E-state index is 13.8. The number of alkyl halides is 3. The number of carbonyl (C=O) groups is 1. The van der Waals surface area contributed by atoms with Crippen LogP contribution in [0.2, 0.25) is 0 Å². The molecule has 0 aliphatic carbocycles. The Morgan fingerprint density at radius 3 is 2.46 bits per heavy atom. The zero-order valence-electron chi connectivity index (χ0n) is 12.2. The molecule has 0 amide bonds. The largest absolute Gasteiger partial charge is 0.573 e. The number of nitrogens with two attached hydrogens (primary N) is 1. The molecule has 0 radical (unpaired) electrons. The minimum absolute atomic E-state index is 0.0305. The molecule has 2 aromatic carbocycles. The molecular formula is C16H13F4NO3. The number of aliphatic carboxylic acids is 1. The first-order valence-electron chi connectivity index (χ1n) is 6.79. The average Bonchev–Trinajstić information content (AvgIpc) is 2.45. The summed E-state index contributed by atoms with van der Waals surface area (Å²) < 4.78 is 54.5. The highest BCUT2D eigenvalue weighted by atomic mass is 19.4. The van der Waals surface area contributed by atoms with Gasteiger partial charge in [0.15, 0.2) is 0 Å². The van der Waals surface area contributed by atoms with Crippen LogP contribution in [0, 0.1) is 5.82 Å². The third kappa shape index (κ3) is 4.69. The summed E-state index contributed by atoms with van der Waals surface area (Å²) in [6.45, 7) is 0. The molecule has 8 heteroatoms. The van der Waals surface area contributed by atoms with Crippen molar-refractivity contribution in [2.24, 2.45) is 5.73 Å². The molecule has 4 nitrogen and oxygen atoms in total. The molecule has 1 unspecified atom stereocenters. The minimum Gasteiger partial charge on any atom is -0.481 e. The first-order valence-corrected chi connectivity index (χ1v) is 6.79. The van der Waals surface area contributed by atoms with E-state index >= 15 is 0 Å². The molecular weight excluding hydrogens is 330 g/mol. The lowest BCUT2D eigenvalue weighted by Crippen LogP contribution is -2.17. The van der Waals surface area contributed by atoms with Crippen molar-refractivity contribution in [3.63, 3.8) is 0 Å². The monoisotopic (exact) mass is 343 g/mol. The van der Waals surface area contributed by atoms with Crippen LogP contribution in [0.3, 0.4) is 0 Å². The van der Waals surface area contributed by atoms with Crippen LogP contribution >= 0.6 is 0 Å². The molecule has 24 heavy (non-hydrogen) atoms. The van der Waals surface area contributed by atoms with E-state index in [1.807, 2.05) is 0 Å². The van der Waals surface area contributed by atoms with Crippen molar-refractivity contribution in [3.05, 3.63) is 53.8 Å². The number of benzene rings is 2. The van der Waals surface area contributed by atoms with Gasteiger partial charge < -0.3 is 15.6 Å². The van der Waals surface area contributed by atoms with Gasteiger partial charge in [0.05, 0.1) is 6.42 Å². The summed E-state index contributed by atoms with van der Waals surface area (Å²) in [5.41, 5.74) is 6.37. The number of halogens is 4. The summed E-state index contributed by atoms with van der Waals surface area (Å²) in [7, 11) is 0. The normalized spacial score (nSPS) is 12.7. The number of hydrogen-bond acceptors (Lipinski definition) is 3. The van der Waals surface area contributed by atoms with Gasteiger partial charge in [-0.3, -0.25) is 4.79 Å². The molecule has 1 atom stereocenters. The summed E-state index contributed by atoms with van der Waals surface area (Å²) in [4.78, 5) is 10.7. The van der Waals surface area contributed by atoms with Gasteiger partial charge >= 0.3 is 12.3 Å². The molecule has 0 aliphatic heterocycles. The fourth-order valence-corrected chi connectivity index (χ4v) is 2.18. The molecule has 0 aromatic heterocycles. The van der Waals surface area contributed by atoms with E-state index in [9.17, 15) is 22.4 Å². The van der Waals surface area contributed by atoms with E-state index in [2.05, 4.69) is 4.74 Å². The summed E-state index contributed by atoms with van der Waals surface area (Å²) in [6.07, 6.45) is -5.30. The van der Waals surface area contributed by atoms with Crippen molar-refractivity contribution in [3.8, 4) is 16.9 Å². The highest BCUT2D eigenvalue weighted by molar-refractivity contribution is 5.69. The van der Waals surface area contributed by atoms with Crippen LogP contribution in [0.1, 0.15) is 18.0 Å². The Hall–Kier alpha value is -2.61. The Labute approximate surface area is 134 Å². The zero-order chi connectivity index (χ0) is 17.9. The quantitative estimate of drug-likeness (QED) is 0.809. The average molecular weight is 343 g/mol. The van der Waals surface area contributed by atoms with Gasteiger partial charge in [0.2, 0.25) is 0 Å². The van der Waals surface area contributed by atoms with Gasteiger partial charge in [0.25, 0.3) is 0 Å². The third-order valence-corrected chi connectivity index (χ3v) is 3.19. The van der Waals surface area contributed by atoms with E-state index in [1.54, 1.807) is 0 Å². The van der Waals surface area contributed by atoms with Gasteiger partial charge in [-0.2, -0.15) is 0 Å². The number of carboxylic acids is 1. The van der Waals surface area contributed by atoms with Crippen molar-refractivity contribution < 1.29 is 32.2 Å². The second-order valence-corrected chi connectivity index (χ2v) is 5.02. The van der Waals surface area contributed by atoms with Gasteiger partial charge in [-0.1, -0.05) is 18.2 Å². The smallest absolute Gasteiger partial charge is 0.481 e. The fraction of sp³-hybridized carbons (Fsp3) is 0.188. The second-order valence-electron chi connectivity index (χ2n) is 5.02. The highest BCUT2D eigenvalue weighted by Crippen LogP contribution is 2.30. The summed E-state index contributed by atoms with van der Waals surface area (Å²) in [5, 5.41) is 8.74. The van der Waals surface area contributed by atoms with Crippen molar-refractivity contribution in [1.82, 2.24) is 0 Å². The molecule has 0 fully saturated rings. The molecule has 3 N–H and O–H groups in total. The first-order chi connectivity index (χ1) is 11.2. The predicted molar refractivity (Wildman–Crippen MR) is 77.7 cm³/mol. The van der Waals surface area contributed by atoms with Gasteiger partial charge in [-0.25, -0.2) is 4.39 Å². The van der Waals surface area contributed by atoms with Gasteiger partial charge in [0, 0.05) is 11.6 Å². The second kappa shape index (κ2) is 6.88. The standard InChI is InChI=1S/C16H13F4NO3/c17-13-5-4-10(7-12(13)14(21)8-15(22)23)9-2-1-3-11(6-9)24-16(18,19)20/h1-7,14H,8,21H2,(H,22,23). The maximum absolute atomic E-state index is 13.8. The Balaban J connectivity index is 2.36. The van der Waals surface area contributed by atoms with Crippen LogP contribution in [0.4, 0.5) is 17.6 Å². The van der Waals surface area contributed by atoms with Crippen LogP contribution in [0.25, 0.3) is 11.1 Å². The Bertz CT molecular complexity index is 746. The maximum Gasteiger partial charge on any atom is 0.573 e. The number of hydrogen-bond donors (Lipinski definition) is 2. The lowest BCUT2D eigenvalue weighted by atomic mass is 9.97. The summed E-state index contributed by atoms with van der Waals surface area (Å²) >= 11 is 0. The lowest BCUT2D eigenvalue weighted by molar-refractivity contribution is -0.274. The van der Waals surface area contributed by atoms with E-state index in [-0.39, 0.29) is 5.56 Å². The van der Waals surface area contributed by atoms with Gasteiger partial charge in [0.1, 0.15) is 11.6 Å². The lowest BCUT2D eigenvalue weighted by Gasteiger charge is -2.14. The van der Waals surface area contributed by atoms with Gasteiger partial charge in [-0.15, -0.1) is 13.2 Å². The van der Waals surface area contributed by atoms with Gasteiger partial charge in [-0.05, 0) is 35.4 Å². The van der Waals surface area contributed by atoms with Crippen LogP contribution in [0.15, 0.2) is 42.5 Å². The molecule has 2 aromatic rings. The van der Waals surface area contributed by atoms with Crippen LogP contribution in [0.5, 0.6) is 5.75 Å². The molecule has 2 rings (SSSR count). The SMILES string of the molecule is NC(CC(=O)O)c1cc(-c2cccc(OC(F)(F)F)c2)ccc1F. The molecule has 0 aliphatic rings. The summed E-state index contributed by atoms with van der Waals surface area (Å²) in [6, 6.07) is 7.85. The molecule has 0 saturated heterocycles. The third-order valence-electron chi connectivity index (χ3n) is 3.19. The van der Waals surface area contributed by atoms with E-state index in [0.717, 1.165) is 18.2 Å². The molecule has 0 bridgehead atoms. The van der Waals surface area contributed by atoms with Crippen molar-refractivity contribution in [2.45, 2.75) is 18.8 Å². The Kier molecular flexibility index (Phi) is 5.08. The number of ether oxygens (including phenoxy) is 1. The Morgan fingerprint density at radius 2 is 1.83 bits per heavy atom. The van der Waals surface area contributed by atoms with Crippen molar-refractivity contribution in [1.29, 1.82) is 0 Å². The first kappa shape index (κ1) is 17.7. The van der Waals surface area contributed by atoms with Crippen molar-refractivity contribution >= 4 is 5.97 Å². The molecule has 0 heterocycles. The number of rotatable bonds is 5. The zero-order valence-corrected chi connectivity index (χ0v) is 12.2. The minimum atomic E-state index is -4.82. The highest BCUT2D eigenvalue weighted by Gasteiger charge is 2.31. The predicted octanol–water partition coefficient (Wildman–Crippen LogP) is 3.87. The van der Waals surface area contributed by atoms with E-state index in [0.29, 0.717) is 11.1 Å². The molecule has 0 spiro atoms. The topological polar surface area (TPSA) is 72.6 Å². The molecule has 128 valence electrons. The van der Waals surface area contributed by atoms with Crippen LogP contribution in [-0.4, -0.2) is 17.4 Å². The van der Waals surface area contributed by atoms with E-state index in [4.69, 9.17) is 10.8 Å². The summed E-state index contributed by atoms with van der Waals surface area (Å²) in [5.74, 6) is -2.29. The fourth-order valence-electron chi connectivity index (χ4n) is 2.18. The number of carboxylic acid groups (broad SMARTS) is 1. The molecule has 0 saturated carbocycles. The van der Waals surface area contributed by atoms with Crippen molar-refractivity contribution in [2.75, 3.05) is 0 Å².